The number of para-hydroxylation sites is 1. The Hall–Kier alpha value is -1.46. The molecule has 1 aliphatic heterocycles. The van der Waals surface area contributed by atoms with Crippen molar-refractivity contribution in [1.82, 2.24) is 10.2 Å². The van der Waals surface area contributed by atoms with E-state index in [0.717, 1.165) is 19.5 Å². The van der Waals surface area contributed by atoms with E-state index in [1.807, 2.05) is 0 Å². The van der Waals surface area contributed by atoms with Crippen LogP contribution in [0.15, 0.2) is 24.3 Å². The summed E-state index contributed by atoms with van der Waals surface area (Å²) < 4.78 is 13.3. The van der Waals surface area contributed by atoms with Gasteiger partial charge in [0.15, 0.2) is 0 Å². The third kappa shape index (κ3) is 3.51. The summed E-state index contributed by atoms with van der Waals surface area (Å²) in [4.78, 5) is 13.9. The molecule has 2 N–H and O–H groups in total. The van der Waals surface area contributed by atoms with E-state index in [4.69, 9.17) is 0 Å². The maximum absolute atomic E-state index is 13.3. The van der Waals surface area contributed by atoms with Crippen LogP contribution >= 0.6 is 0 Å². The number of halogens is 1. The number of benzene rings is 1. The smallest absolute Gasteiger partial charge is 0.238 e. The first kappa shape index (κ1) is 13.0. The van der Waals surface area contributed by atoms with Crippen molar-refractivity contribution in [3.8, 4) is 0 Å². The highest BCUT2D eigenvalue weighted by atomic mass is 19.1. The molecule has 0 saturated carbocycles. The van der Waals surface area contributed by atoms with E-state index < -0.39 is 5.82 Å². The lowest BCUT2D eigenvalue weighted by atomic mass is 10.2. The van der Waals surface area contributed by atoms with Gasteiger partial charge in [-0.05, 0) is 32.1 Å². The normalized spacial score (nSPS) is 20.0. The number of nitrogens with one attached hydrogen (secondary N) is 2. The van der Waals surface area contributed by atoms with Crippen LogP contribution < -0.4 is 10.6 Å². The molecular weight excluding hydrogens is 233 g/mol. The number of hydrogen-bond acceptors (Lipinski definition) is 3. The Labute approximate surface area is 106 Å². The van der Waals surface area contributed by atoms with Crippen molar-refractivity contribution >= 4 is 11.6 Å². The highest BCUT2D eigenvalue weighted by molar-refractivity contribution is 5.92. The van der Waals surface area contributed by atoms with Crippen molar-refractivity contribution in [2.45, 2.75) is 12.5 Å². The minimum Gasteiger partial charge on any atom is -0.322 e. The first-order valence-corrected chi connectivity index (χ1v) is 6.11. The molecule has 2 rings (SSSR count). The summed E-state index contributed by atoms with van der Waals surface area (Å²) in [5.74, 6) is -0.624. The third-order valence-corrected chi connectivity index (χ3v) is 3.09. The fourth-order valence-corrected chi connectivity index (χ4v) is 2.10. The Balaban J connectivity index is 1.77. The molecule has 0 bridgehead atoms. The fraction of sp³-hybridized carbons (Fsp3) is 0.462. The topological polar surface area (TPSA) is 44.4 Å². The average Bonchev–Trinajstić information content (AvgIpc) is 2.76. The molecular formula is C13H18FN3O. The van der Waals surface area contributed by atoms with Crippen LogP contribution in [-0.2, 0) is 4.79 Å². The summed E-state index contributed by atoms with van der Waals surface area (Å²) in [6, 6.07) is 6.52. The van der Waals surface area contributed by atoms with Gasteiger partial charge >= 0.3 is 0 Å². The maximum atomic E-state index is 13.3. The summed E-state index contributed by atoms with van der Waals surface area (Å²) in [6.45, 7) is 2.21. The van der Waals surface area contributed by atoms with E-state index in [2.05, 4.69) is 22.6 Å². The summed E-state index contributed by atoms with van der Waals surface area (Å²) >= 11 is 0. The fourth-order valence-electron chi connectivity index (χ4n) is 2.10. The predicted octanol–water partition coefficient (Wildman–Crippen LogP) is 1.06. The van der Waals surface area contributed by atoms with E-state index in [-0.39, 0.29) is 18.1 Å². The molecule has 18 heavy (non-hydrogen) atoms. The Bertz CT molecular complexity index is 424. The molecule has 1 fully saturated rings. The number of likely N-dealkylation sites (N-methyl/N-ethyl adjacent to an activating group) is 1. The first-order chi connectivity index (χ1) is 8.65. The monoisotopic (exact) mass is 251 g/mol. The SMILES string of the molecule is CN1CCC(NCC(=O)Nc2ccccc2F)C1. The molecule has 1 amide bonds. The van der Waals surface area contributed by atoms with E-state index >= 15 is 0 Å². The van der Waals surface area contributed by atoms with Gasteiger partial charge in [-0.3, -0.25) is 4.79 Å². The van der Waals surface area contributed by atoms with Crippen LogP contribution in [0.4, 0.5) is 10.1 Å². The molecule has 1 unspecified atom stereocenters. The Kier molecular flexibility index (Phi) is 4.28. The summed E-state index contributed by atoms with van der Waals surface area (Å²) in [7, 11) is 2.06. The van der Waals surface area contributed by atoms with Crippen LogP contribution in [0.1, 0.15) is 6.42 Å². The molecule has 0 radical (unpaired) electrons. The van der Waals surface area contributed by atoms with Crippen LogP contribution in [0.5, 0.6) is 0 Å². The second kappa shape index (κ2) is 5.93. The Morgan fingerprint density at radius 3 is 2.94 bits per heavy atom. The number of likely N-dealkylation sites (tertiary alicyclic amines) is 1. The molecule has 4 nitrogen and oxygen atoms in total. The maximum Gasteiger partial charge on any atom is 0.238 e. The lowest BCUT2D eigenvalue weighted by Crippen LogP contribution is -2.37. The number of hydrogen-bond donors (Lipinski definition) is 2. The molecule has 1 atom stereocenters. The minimum atomic E-state index is -0.411. The van der Waals surface area contributed by atoms with Crippen molar-refractivity contribution in [3.63, 3.8) is 0 Å². The van der Waals surface area contributed by atoms with Crippen molar-refractivity contribution < 1.29 is 9.18 Å². The highest BCUT2D eigenvalue weighted by Gasteiger charge is 2.19. The summed E-state index contributed by atoms with van der Waals surface area (Å²) in [6.07, 6.45) is 1.05. The highest BCUT2D eigenvalue weighted by Crippen LogP contribution is 2.12. The molecule has 1 aromatic carbocycles. The molecule has 0 aliphatic carbocycles. The Morgan fingerprint density at radius 2 is 2.28 bits per heavy atom. The molecule has 0 spiro atoms. The first-order valence-electron chi connectivity index (χ1n) is 6.11. The van der Waals surface area contributed by atoms with Gasteiger partial charge in [-0.1, -0.05) is 12.1 Å². The largest absolute Gasteiger partial charge is 0.322 e. The molecule has 1 saturated heterocycles. The van der Waals surface area contributed by atoms with Gasteiger partial charge in [-0.25, -0.2) is 4.39 Å². The van der Waals surface area contributed by atoms with E-state index in [0.29, 0.717) is 6.04 Å². The van der Waals surface area contributed by atoms with Gasteiger partial charge in [0.1, 0.15) is 5.82 Å². The molecule has 98 valence electrons. The molecule has 1 aromatic rings. The predicted molar refractivity (Wildman–Crippen MR) is 68.9 cm³/mol. The van der Waals surface area contributed by atoms with Gasteiger partial charge < -0.3 is 15.5 Å². The molecule has 1 aliphatic rings. The van der Waals surface area contributed by atoms with Crippen LogP contribution in [0.25, 0.3) is 0 Å². The van der Waals surface area contributed by atoms with E-state index in [9.17, 15) is 9.18 Å². The minimum absolute atomic E-state index is 0.213. The van der Waals surface area contributed by atoms with Gasteiger partial charge in [0, 0.05) is 12.6 Å². The van der Waals surface area contributed by atoms with Gasteiger partial charge in [0.2, 0.25) is 5.91 Å². The lowest BCUT2D eigenvalue weighted by Gasteiger charge is -2.12. The van der Waals surface area contributed by atoms with Gasteiger partial charge in [-0.15, -0.1) is 0 Å². The van der Waals surface area contributed by atoms with E-state index in [1.54, 1.807) is 18.2 Å². The second-order valence-electron chi connectivity index (χ2n) is 4.66. The van der Waals surface area contributed by atoms with Crippen molar-refractivity contribution in [2.75, 3.05) is 32.0 Å². The van der Waals surface area contributed by atoms with Crippen molar-refractivity contribution in [2.24, 2.45) is 0 Å². The van der Waals surface area contributed by atoms with Crippen LogP contribution in [0.2, 0.25) is 0 Å². The van der Waals surface area contributed by atoms with Gasteiger partial charge in [0.05, 0.1) is 12.2 Å². The zero-order valence-electron chi connectivity index (χ0n) is 10.4. The zero-order valence-corrected chi connectivity index (χ0v) is 10.4. The molecule has 1 heterocycles. The quantitative estimate of drug-likeness (QED) is 0.841. The van der Waals surface area contributed by atoms with Crippen LogP contribution in [0.3, 0.4) is 0 Å². The van der Waals surface area contributed by atoms with Crippen molar-refractivity contribution in [3.05, 3.63) is 30.1 Å². The van der Waals surface area contributed by atoms with Gasteiger partial charge in [0.25, 0.3) is 0 Å². The van der Waals surface area contributed by atoms with Gasteiger partial charge in [-0.2, -0.15) is 0 Å². The second-order valence-corrected chi connectivity index (χ2v) is 4.66. The average molecular weight is 251 g/mol. The summed E-state index contributed by atoms with van der Waals surface area (Å²) in [5.41, 5.74) is 0.229. The Morgan fingerprint density at radius 1 is 1.50 bits per heavy atom. The number of nitrogens with zero attached hydrogens (tertiary/aromatic N) is 1. The van der Waals surface area contributed by atoms with Crippen LogP contribution in [-0.4, -0.2) is 43.5 Å². The standard InChI is InChI=1S/C13H18FN3O/c1-17-7-6-10(9-17)15-8-13(18)16-12-5-3-2-4-11(12)14/h2-5,10,15H,6-9H2,1H3,(H,16,18). The van der Waals surface area contributed by atoms with Crippen molar-refractivity contribution in [1.29, 1.82) is 0 Å². The number of carbonyl (C=O) groups is 1. The lowest BCUT2D eigenvalue weighted by molar-refractivity contribution is -0.115. The summed E-state index contributed by atoms with van der Waals surface area (Å²) in [5, 5.41) is 5.73. The van der Waals surface area contributed by atoms with Crippen LogP contribution in [0, 0.1) is 5.82 Å². The molecule has 0 aromatic heterocycles. The number of anilines is 1. The molecule has 5 heteroatoms. The zero-order chi connectivity index (χ0) is 13.0. The number of rotatable bonds is 4. The third-order valence-electron chi connectivity index (χ3n) is 3.09. The van der Waals surface area contributed by atoms with E-state index in [1.165, 1.54) is 6.07 Å². The number of amides is 1. The number of carbonyl (C=O) groups excluding carboxylic acids is 1.